The van der Waals surface area contributed by atoms with Crippen LogP contribution >= 0.6 is 0 Å². The van der Waals surface area contributed by atoms with Gasteiger partial charge in [0, 0.05) is 23.7 Å². The molecule has 6 nitrogen and oxygen atoms in total. The van der Waals surface area contributed by atoms with Crippen molar-refractivity contribution in [3.05, 3.63) is 65.2 Å². The third-order valence-electron chi connectivity index (χ3n) is 5.55. The summed E-state index contributed by atoms with van der Waals surface area (Å²) in [4.78, 5) is 36.7. The van der Waals surface area contributed by atoms with E-state index in [0.717, 1.165) is 17.5 Å². The molecule has 3 N–H and O–H groups in total. The first kappa shape index (κ1) is 20.6. The van der Waals surface area contributed by atoms with E-state index in [9.17, 15) is 19.5 Å². The number of rotatable bonds is 7. The van der Waals surface area contributed by atoms with Crippen molar-refractivity contribution in [3.63, 3.8) is 0 Å². The fraction of sp³-hybridized carbons (Fsp3) is 0.348. The number of hydrogen-bond acceptors (Lipinski definition) is 3. The molecule has 0 spiro atoms. The highest BCUT2D eigenvalue weighted by atomic mass is 16.4. The van der Waals surface area contributed by atoms with E-state index in [-0.39, 0.29) is 24.3 Å². The van der Waals surface area contributed by atoms with Crippen LogP contribution in [0, 0.1) is 5.41 Å². The number of carbonyl (C=O) groups is 3. The molecule has 0 aromatic heterocycles. The quantitative estimate of drug-likeness (QED) is 0.671. The Hall–Kier alpha value is -3.15. The lowest BCUT2D eigenvalue weighted by Gasteiger charge is -2.23. The highest BCUT2D eigenvalue weighted by Gasteiger charge is 2.45. The summed E-state index contributed by atoms with van der Waals surface area (Å²) in [7, 11) is 0. The second-order valence-electron chi connectivity index (χ2n) is 7.79. The summed E-state index contributed by atoms with van der Waals surface area (Å²) in [5.41, 5.74) is 1.89. The van der Waals surface area contributed by atoms with Crippen molar-refractivity contribution in [1.29, 1.82) is 0 Å². The lowest BCUT2D eigenvalue weighted by atomic mass is 9.81. The molecule has 1 aliphatic carbocycles. The molecule has 0 saturated heterocycles. The van der Waals surface area contributed by atoms with Crippen LogP contribution in [0.1, 0.15) is 48.2 Å². The summed E-state index contributed by atoms with van der Waals surface area (Å²) in [6.45, 7) is 3.93. The van der Waals surface area contributed by atoms with Crippen molar-refractivity contribution in [1.82, 2.24) is 5.32 Å². The van der Waals surface area contributed by atoms with Gasteiger partial charge in [-0.05, 0) is 61.6 Å². The maximum Gasteiger partial charge on any atom is 0.310 e. The van der Waals surface area contributed by atoms with Crippen LogP contribution in [-0.2, 0) is 22.4 Å². The number of benzene rings is 2. The molecule has 0 fully saturated rings. The summed E-state index contributed by atoms with van der Waals surface area (Å²) in [5, 5.41) is 15.5. The average Bonchev–Trinajstić information content (AvgIpc) is 3.07. The van der Waals surface area contributed by atoms with Crippen molar-refractivity contribution in [2.24, 2.45) is 5.41 Å². The smallest absolute Gasteiger partial charge is 0.310 e. The summed E-state index contributed by atoms with van der Waals surface area (Å²) in [5.74, 6) is -1.47. The topological polar surface area (TPSA) is 95.5 Å². The number of aliphatic carboxylic acids is 1. The maximum absolute atomic E-state index is 12.6. The number of carboxylic acid groups (broad SMARTS) is 1. The predicted octanol–water partition coefficient (Wildman–Crippen LogP) is 3.41. The summed E-state index contributed by atoms with van der Waals surface area (Å²) in [6, 6.07) is 14.3. The fourth-order valence-corrected chi connectivity index (χ4v) is 3.67. The molecule has 0 radical (unpaired) electrons. The molecule has 0 bridgehead atoms. The molecule has 0 saturated carbocycles. The third-order valence-corrected chi connectivity index (χ3v) is 5.55. The average molecular weight is 394 g/mol. The van der Waals surface area contributed by atoms with Crippen molar-refractivity contribution in [2.45, 2.75) is 45.6 Å². The van der Waals surface area contributed by atoms with Gasteiger partial charge in [0.1, 0.15) is 0 Å². The molecule has 2 aromatic carbocycles. The van der Waals surface area contributed by atoms with Crippen LogP contribution in [0.2, 0.25) is 0 Å². The van der Waals surface area contributed by atoms with Gasteiger partial charge in [-0.15, -0.1) is 0 Å². The first-order valence-corrected chi connectivity index (χ1v) is 9.84. The second kappa shape index (κ2) is 8.47. The Kier molecular flexibility index (Phi) is 6.01. The molecule has 0 heterocycles. The van der Waals surface area contributed by atoms with E-state index in [1.54, 1.807) is 24.3 Å². The van der Waals surface area contributed by atoms with Crippen LogP contribution in [0.3, 0.4) is 0 Å². The van der Waals surface area contributed by atoms with Gasteiger partial charge in [0.25, 0.3) is 5.91 Å². The maximum atomic E-state index is 12.6. The van der Waals surface area contributed by atoms with Gasteiger partial charge >= 0.3 is 5.97 Å². The van der Waals surface area contributed by atoms with Crippen LogP contribution in [0.5, 0.6) is 0 Å². The number of carbonyl (C=O) groups excluding carboxylic acids is 2. The lowest BCUT2D eigenvalue weighted by molar-refractivity contribution is -0.150. The minimum Gasteiger partial charge on any atom is -0.481 e. The van der Waals surface area contributed by atoms with Gasteiger partial charge in [-0.3, -0.25) is 14.4 Å². The standard InChI is InChI=1S/C23H26N2O4/c1-3-15(2)24-21(27)16-8-10-19(11-9-16)25-20(26)14-23(22(28)29)12-17-6-4-5-7-18(17)13-23/h4-11,15H,3,12-14H2,1-2H3,(H,24,27)(H,25,26)(H,28,29). The van der Waals surface area contributed by atoms with E-state index < -0.39 is 11.4 Å². The van der Waals surface area contributed by atoms with E-state index in [1.165, 1.54) is 0 Å². The Labute approximate surface area is 170 Å². The Morgan fingerprint density at radius 3 is 2.14 bits per heavy atom. The van der Waals surface area contributed by atoms with Crippen LogP contribution in [0.15, 0.2) is 48.5 Å². The van der Waals surface area contributed by atoms with E-state index >= 15 is 0 Å². The van der Waals surface area contributed by atoms with Gasteiger partial charge in [0.15, 0.2) is 0 Å². The van der Waals surface area contributed by atoms with Gasteiger partial charge < -0.3 is 15.7 Å². The molecule has 1 unspecified atom stereocenters. The minimum atomic E-state index is -1.12. The summed E-state index contributed by atoms with van der Waals surface area (Å²) >= 11 is 0. The van der Waals surface area contributed by atoms with Crippen molar-refractivity contribution in [2.75, 3.05) is 5.32 Å². The van der Waals surface area contributed by atoms with E-state index in [0.29, 0.717) is 24.1 Å². The van der Waals surface area contributed by atoms with Crippen LogP contribution in [-0.4, -0.2) is 28.9 Å². The zero-order chi connectivity index (χ0) is 21.0. The number of fused-ring (bicyclic) bond motifs is 1. The van der Waals surface area contributed by atoms with E-state index in [1.807, 2.05) is 38.1 Å². The number of carboxylic acids is 1. The zero-order valence-electron chi connectivity index (χ0n) is 16.7. The molecule has 6 heteroatoms. The van der Waals surface area contributed by atoms with Gasteiger partial charge in [-0.2, -0.15) is 0 Å². The lowest BCUT2D eigenvalue weighted by Crippen LogP contribution is -2.36. The Balaban J connectivity index is 1.64. The molecule has 0 aliphatic heterocycles. The number of hydrogen-bond donors (Lipinski definition) is 3. The molecule has 2 amide bonds. The Bertz CT molecular complexity index is 896. The first-order valence-electron chi connectivity index (χ1n) is 9.84. The normalized spacial score (nSPS) is 15.2. The number of nitrogens with one attached hydrogen (secondary N) is 2. The van der Waals surface area contributed by atoms with Crippen LogP contribution < -0.4 is 10.6 Å². The molecule has 3 rings (SSSR count). The van der Waals surface area contributed by atoms with Crippen LogP contribution in [0.25, 0.3) is 0 Å². The molecule has 1 aliphatic rings. The Morgan fingerprint density at radius 2 is 1.62 bits per heavy atom. The van der Waals surface area contributed by atoms with Gasteiger partial charge in [0.2, 0.25) is 5.91 Å². The first-order chi connectivity index (χ1) is 13.8. The van der Waals surface area contributed by atoms with Gasteiger partial charge in [-0.1, -0.05) is 31.2 Å². The Morgan fingerprint density at radius 1 is 1.03 bits per heavy atom. The van der Waals surface area contributed by atoms with E-state index in [2.05, 4.69) is 10.6 Å². The highest BCUT2D eigenvalue weighted by molar-refractivity contribution is 5.97. The SMILES string of the molecule is CCC(C)NC(=O)c1ccc(NC(=O)CC2(C(=O)O)Cc3ccccc3C2)cc1. The fourth-order valence-electron chi connectivity index (χ4n) is 3.67. The van der Waals surface area contributed by atoms with E-state index in [4.69, 9.17) is 0 Å². The molecular formula is C23H26N2O4. The van der Waals surface area contributed by atoms with Gasteiger partial charge in [0.05, 0.1) is 5.41 Å². The predicted molar refractivity (Wildman–Crippen MR) is 111 cm³/mol. The second-order valence-corrected chi connectivity index (χ2v) is 7.79. The molecule has 1 atom stereocenters. The largest absolute Gasteiger partial charge is 0.481 e. The zero-order valence-corrected chi connectivity index (χ0v) is 16.7. The van der Waals surface area contributed by atoms with Crippen LogP contribution in [0.4, 0.5) is 5.69 Å². The molecular weight excluding hydrogens is 368 g/mol. The van der Waals surface area contributed by atoms with Crippen molar-refractivity contribution < 1.29 is 19.5 Å². The molecule has 29 heavy (non-hydrogen) atoms. The van der Waals surface area contributed by atoms with Gasteiger partial charge in [-0.25, -0.2) is 0 Å². The summed E-state index contributed by atoms with van der Waals surface area (Å²) < 4.78 is 0. The molecule has 152 valence electrons. The third kappa shape index (κ3) is 4.65. The monoisotopic (exact) mass is 394 g/mol. The highest BCUT2D eigenvalue weighted by Crippen LogP contribution is 2.40. The number of amides is 2. The minimum absolute atomic E-state index is 0.0876. The molecule has 2 aromatic rings. The van der Waals surface area contributed by atoms with Crippen molar-refractivity contribution >= 4 is 23.5 Å². The summed E-state index contributed by atoms with van der Waals surface area (Å²) in [6.07, 6.45) is 1.43. The number of anilines is 1. The van der Waals surface area contributed by atoms with Crippen molar-refractivity contribution in [3.8, 4) is 0 Å².